The molecule has 5 nitrogen and oxygen atoms in total. The minimum atomic E-state index is -0.443. The minimum absolute atomic E-state index is 0.122. The quantitative estimate of drug-likeness (QED) is 0.745. The van der Waals surface area contributed by atoms with Gasteiger partial charge in [0, 0.05) is 22.5 Å². The van der Waals surface area contributed by atoms with E-state index in [1.807, 2.05) is 55.8 Å². The number of amides is 1. The number of carbonyl (C=O) groups excluding carboxylic acids is 1. The van der Waals surface area contributed by atoms with Crippen LogP contribution < -0.4 is 11.1 Å². The second-order valence-corrected chi connectivity index (χ2v) is 7.82. The molecule has 3 aromatic rings. The average molecular weight is 363 g/mol. The smallest absolute Gasteiger partial charge is 0.261 e. The fourth-order valence-electron chi connectivity index (χ4n) is 2.36. The lowest BCUT2D eigenvalue weighted by Gasteiger charge is -2.23. The highest BCUT2D eigenvalue weighted by Gasteiger charge is 2.22. The highest BCUT2D eigenvalue weighted by molar-refractivity contribution is 7.20. The summed E-state index contributed by atoms with van der Waals surface area (Å²) in [5.74, 6) is -0.122. The van der Waals surface area contributed by atoms with Gasteiger partial charge in [0.15, 0.2) is 0 Å². The monoisotopic (exact) mass is 362 g/mol. The van der Waals surface area contributed by atoms with Crippen LogP contribution in [0.2, 0.25) is 5.02 Å². The summed E-state index contributed by atoms with van der Waals surface area (Å²) in [6, 6.07) is 9.37. The van der Waals surface area contributed by atoms with Crippen molar-refractivity contribution < 1.29 is 4.79 Å². The van der Waals surface area contributed by atoms with Crippen LogP contribution in [0.15, 0.2) is 30.3 Å². The molecule has 3 rings (SSSR count). The maximum atomic E-state index is 12.5. The van der Waals surface area contributed by atoms with Crippen LogP contribution in [0.5, 0.6) is 0 Å². The summed E-state index contributed by atoms with van der Waals surface area (Å²) >= 11 is 7.49. The molecule has 7 heteroatoms. The molecular weight excluding hydrogens is 344 g/mol. The highest BCUT2D eigenvalue weighted by Crippen LogP contribution is 2.31. The van der Waals surface area contributed by atoms with E-state index >= 15 is 0 Å². The number of halogens is 1. The lowest BCUT2D eigenvalue weighted by Crippen LogP contribution is -2.48. The highest BCUT2D eigenvalue weighted by atomic mass is 35.5. The second kappa shape index (κ2) is 6.20. The number of nitrogens with one attached hydrogen (secondary N) is 1. The van der Waals surface area contributed by atoms with Crippen molar-refractivity contribution in [3.05, 3.63) is 45.9 Å². The summed E-state index contributed by atoms with van der Waals surface area (Å²) < 4.78 is 1.83. The molecule has 0 aliphatic heterocycles. The molecule has 0 saturated heterocycles. The van der Waals surface area contributed by atoms with Gasteiger partial charge in [-0.25, -0.2) is 4.68 Å². The van der Waals surface area contributed by atoms with E-state index < -0.39 is 5.54 Å². The number of benzene rings is 1. The zero-order valence-corrected chi connectivity index (χ0v) is 15.3. The Kier molecular flexibility index (Phi) is 4.38. The molecule has 0 fully saturated rings. The molecule has 1 aromatic carbocycles. The molecule has 126 valence electrons. The maximum Gasteiger partial charge on any atom is 0.261 e. The van der Waals surface area contributed by atoms with Gasteiger partial charge in [0.25, 0.3) is 5.91 Å². The molecule has 24 heavy (non-hydrogen) atoms. The number of hydrogen-bond acceptors (Lipinski definition) is 4. The van der Waals surface area contributed by atoms with Crippen LogP contribution in [0.3, 0.4) is 0 Å². The first-order chi connectivity index (χ1) is 11.3. The van der Waals surface area contributed by atoms with Gasteiger partial charge in [0.05, 0.1) is 16.3 Å². The topological polar surface area (TPSA) is 72.9 Å². The van der Waals surface area contributed by atoms with Crippen molar-refractivity contribution in [1.82, 2.24) is 15.1 Å². The van der Waals surface area contributed by atoms with Crippen LogP contribution >= 0.6 is 22.9 Å². The van der Waals surface area contributed by atoms with Gasteiger partial charge in [-0.05, 0) is 45.0 Å². The number of aromatic nitrogens is 2. The summed E-state index contributed by atoms with van der Waals surface area (Å²) in [6.45, 7) is 6.11. The molecule has 1 amide bonds. The van der Waals surface area contributed by atoms with E-state index in [1.165, 1.54) is 11.3 Å². The van der Waals surface area contributed by atoms with E-state index in [0.29, 0.717) is 16.4 Å². The molecule has 0 atom stereocenters. The summed E-state index contributed by atoms with van der Waals surface area (Å²) in [7, 11) is 0. The van der Waals surface area contributed by atoms with Crippen LogP contribution in [0, 0.1) is 6.92 Å². The van der Waals surface area contributed by atoms with Gasteiger partial charge in [-0.15, -0.1) is 11.3 Å². The number of fused-ring (bicyclic) bond motifs is 1. The van der Waals surface area contributed by atoms with Crippen LogP contribution in [0.25, 0.3) is 15.9 Å². The third kappa shape index (κ3) is 3.17. The number of nitrogens with two attached hydrogens (primary N) is 1. The summed E-state index contributed by atoms with van der Waals surface area (Å²) in [6.07, 6.45) is 0. The molecule has 0 saturated carbocycles. The van der Waals surface area contributed by atoms with Gasteiger partial charge in [-0.1, -0.05) is 17.7 Å². The molecule has 2 aromatic heterocycles. The number of carbonyl (C=O) groups is 1. The summed E-state index contributed by atoms with van der Waals surface area (Å²) in [4.78, 5) is 14.1. The first-order valence-corrected chi connectivity index (χ1v) is 8.78. The van der Waals surface area contributed by atoms with E-state index in [0.717, 1.165) is 21.6 Å². The van der Waals surface area contributed by atoms with Gasteiger partial charge in [-0.3, -0.25) is 4.79 Å². The fourth-order valence-corrected chi connectivity index (χ4v) is 3.62. The van der Waals surface area contributed by atoms with Gasteiger partial charge >= 0.3 is 0 Å². The standard InChI is InChI=1S/C17H19ClN4OS/c1-10-13-8-14(15(23)20-17(2,3)9-19)24-16(13)22(21-10)12-6-4-5-11(18)7-12/h4-8H,9,19H2,1-3H3,(H,20,23). The molecule has 0 bridgehead atoms. The van der Waals surface area contributed by atoms with Crippen molar-refractivity contribution in [1.29, 1.82) is 0 Å². The third-order valence-corrected chi connectivity index (χ3v) is 5.13. The Morgan fingerprint density at radius 2 is 2.17 bits per heavy atom. The van der Waals surface area contributed by atoms with Gasteiger partial charge < -0.3 is 11.1 Å². The van der Waals surface area contributed by atoms with E-state index in [9.17, 15) is 4.79 Å². The summed E-state index contributed by atoms with van der Waals surface area (Å²) in [5.41, 5.74) is 6.99. The molecule has 0 aliphatic rings. The zero-order valence-electron chi connectivity index (χ0n) is 13.8. The van der Waals surface area contributed by atoms with Gasteiger partial charge in [0.2, 0.25) is 0 Å². The third-order valence-electron chi connectivity index (χ3n) is 3.78. The Morgan fingerprint density at radius 1 is 1.42 bits per heavy atom. The predicted molar refractivity (Wildman–Crippen MR) is 99.3 cm³/mol. The van der Waals surface area contributed by atoms with Crippen LogP contribution in [-0.2, 0) is 0 Å². The second-order valence-electron chi connectivity index (χ2n) is 6.35. The Labute approximate surface area is 149 Å². The summed E-state index contributed by atoms with van der Waals surface area (Å²) in [5, 5.41) is 9.14. The van der Waals surface area contributed by atoms with Crippen molar-refractivity contribution in [2.45, 2.75) is 26.3 Å². The molecule has 0 aliphatic carbocycles. The normalized spacial score (nSPS) is 11.9. The Balaban J connectivity index is 2.03. The molecule has 0 radical (unpaired) electrons. The number of hydrogen-bond donors (Lipinski definition) is 2. The largest absolute Gasteiger partial charge is 0.345 e. The van der Waals surface area contributed by atoms with Crippen molar-refractivity contribution in [2.24, 2.45) is 5.73 Å². The number of rotatable bonds is 4. The molecular formula is C17H19ClN4OS. The molecule has 3 N–H and O–H groups in total. The van der Waals surface area contributed by atoms with Gasteiger partial charge in [-0.2, -0.15) is 5.10 Å². The van der Waals surface area contributed by atoms with Crippen molar-refractivity contribution in [2.75, 3.05) is 6.54 Å². The lowest BCUT2D eigenvalue weighted by atomic mass is 10.1. The predicted octanol–water partition coefficient (Wildman–Crippen LogP) is 3.52. The number of nitrogens with zero attached hydrogens (tertiary/aromatic N) is 2. The average Bonchev–Trinajstić information content (AvgIpc) is 3.08. The first-order valence-electron chi connectivity index (χ1n) is 7.58. The molecule has 0 spiro atoms. The van der Waals surface area contributed by atoms with Crippen LogP contribution in [0.1, 0.15) is 29.2 Å². The van der Waals surface area contributed by atoms with E-state index in [4.69, 9.17) is 17.3 Å². The number of aryl methyl sites for hydroxylation is 1. The number of thiophene rings is 1. The van der Waals surface area contributed by atoms with E-state index in [2.05, 4.69) is 10.4 Å². The van der Waals surface area contributed by atoms with Crippen molar-refractivity contribution in [3.63, 3.8) is 0 Å². The minimum Gasteiger partial charge on any atom is -0.345 e. The van der Waals surface area contributed by atoms with Crippen molar-refractivity contribution in [3.8, 4) is 5.69 Å². The molecule has 0 unspecified atom stereocenters. The molecule has 2 heterocycles. The van der Waals surface area contributed by atoms with E-state index in [1.54, 1.807) is 0 Å². The Morgan fingerprint density at radius 3 is 2.83 bits per heavy atom. The van der Waals surface area contributed by atoms with Gasteiger partial charge in [0.1, 0.15) is 4.83 Å². The lowest BCUT2D eigenvalue weighted by molar-refractivity contribution is 0.0920. The first kappa shape index (κ1) is 17.0. The zero-order chi connectivity index (χ0) is 17.5. The fraction of sp³-hybridized carbons (Fsp3) is 0.294. The Bertz CT molecular complexity index is 913. The SMILES string of the molecule is Cc1nn(-c2cccc(Cl)c2)c2sc(C(=O)NC(C)(C)CN)cc12. The maximum absolute atomic E-state index is 12.5. The van der Waals surface area contributed by atoms with E-state index in [-0.39, 0.29) is 5.91 Å². The van der Waals surface area contributed by atoms with Crippen molar-refractivity contribution >= 4 is 39.1 Å². The van der Waals surface area contributed by atoms with Crippen LogP contribution in [-0.4, -0.2) is 27.8 Å². The van der Waals surface area contributed by atoms with Crippen LogP contribution in [0.4, 0.5) is 0 Å². The Hall–Kier alpha value is -1.89.